The molecule has 0 aromatic heterocycles. The second-order valence-corrected chi connectivity index (χ2v) is 8.13. The molecule has 9 nitrogen and oxygen atoms in total. The van der Waals surface area contributed by atoms with E-state index < -0.39 is 10.0 Å². The van der Waals surface area contributed by atoms with Gasteiger partial charge in [0, 0.05) is 14.1 Å². The molecule has 0 radical (unpaired) electrons. The maximum absolute atomic E-state index is 12.4. The maximum atomic E-state index is 12.4. The van der Waals surface area contributed by atoms with Gasteiger partial charge >= 0.3 is 0 Å². The Bertz CT molecular complexity index is 1000. The zero-order chi connectivity index (χ0) is 22.9. The van der Waals surface area contributed by atoms with Gasteiger partial charge in [-0.05, 0) is 61.9 Å². The first kappa shape index (κ1) is 24.0. The number of likely N-dealkylation sites (N-methyl/N-ethyl adjacent to an activating group) is 1. The fourth-order valence-electron chi connectivity index (χ4n) is 2.37. The highest BCUT2D eigenvalue weighted by molar-refractivity contribution is 7.89. The summed E-state index contributed by atoms with van der Waals surface area (Å²) in [6.45, 7) is 4.43. The highest BCUT2D eigenvalue weighted by Crippen LogP contribution is 2.28. The quantitative estimate of drug-likeness (QED) is 0.417. The lowest BCUT2D eigenvalue weighted by atomic mass is 10.2. The van der Waals surface area contributed by atoms with Gasteiger partial charge in [0.05, 0.1) is 24.3 Å². The molecule has 0 aliphatic carbocycles. The van der Waals surface area contributed by atoms with Gasteiger partial charge in [0.2, 0.25) is 0 Å². The van der Waals surface area contributed by atoms with Crippen LogP contribution in [0.1, 0.15) is 19.4 Å². The summed E-state index contributed by atoms with van der Waals surface area (Å²) in [5.41, 5.74) is 0.587. The third-order valence-corrected chi connectivity index (χ3v) is 5.19. The number of nitrogens with zero attached hydrogens (tertiary/aromatic N) is 2. The SMILES string of the molecule is CCOc1ccc(S(=O)(=O)NN=Cc2ccc(OCC(=O)N(C)C)c(OCC)c2)cc1. The lowest BCUT2D eigenvalue weighted by molar-refractivity contribution is -0.130. The third kappa shape index (κ3) is 7.18. The highest BCUT2D eigenvalue weighted by atomic mass is 32.2. The van der Waals surface area contributed by atoms with Gasteiger partial charge < -0.3 is 19.1 Å². The van der Waals surface area contributed by atoms with Crippen molar-refractivity contribution in [3.05, 3.63) is 48.0 Å². The lowest BCUT2D eigenvalue weighted by Crippen LogP contribution is -2.27. The van der Waals surface area contributed by atoms with Crippen LogP contribution in [0.4, 0.5) is 0 Å². The van der Waals surface area contributed by atoms with Crippen molar-refractivity contribution in [1.29, 1.82) is 0 Å². The molecule has 2 aromatic rings. The normalized spacial score (nSPS) is 11.2. The van der Waals surface area contributed by atoms with E-state index in [0.717, 1.165) is 0 Å². The number of carbonyl (C=O) groups is 1. The molecule has 1 N–H and O–H groups in total. The number of carbonyl (C=O) groups excluding carboxylic acids is 1. The Morgan fingerprint density at radius 3 is 2.29 bits per heavy atom. The number of nitrogens with one attached hydrogen (secondary N) is 1. The molecule has 0 heterocycles. The summed E-state index contributed by atoms with van der Waals surface area (Å²) in [7, 11) is -0.535. The van der Waals surface area contributed by atoms with E-state index in [1.165, 1.54) is 23.2 Å². The predicted molar refractivity (Wildman–Crippen MR) is 117 cm³/mol. The fourth-order valence-corrected chi connectivity index (χ4v) is 3.16. The summed E-state index contributed by atoms with van der Waals surface area (Å²) in [5, 5.41) is 3.83. The topological polar surface area (TPSA) is 107 Å². The summed E-state index contributed by atoms with van der Waals surface area (Å²) in [4.78, 5) is 15.4. The Labute approximate surface area is 182 Å². The molecule has 10 heteroatoms. The number of hydrogen-bond donors (Lipinski definition) is 1. The Kier molecular flexibility index (Phi) is 8.68. The van der Waals surface area contributed by atoms with Crippen LogP contribution in [0.2, 0.25) is 0 Å². The summed E-state index contributed by atoms with van der Waals surface area (Å²) in [6.07, 6.45) is 1.35. The predicted octanol–water partition coefficient (Wildman–Crippen LogP) is 2.26. The number of ether oxygens (including phenoxy) is 3. The van der Waals surface area contributed by atoms with Crippen molar-refractivity contribution in [1.82, 2.24) is 9.73 Å². The van der Waals surface area contributed by atoms with Gasteiger partial charge in [-0.2, -0.15) is 13.5 Å². The minimum absolute atomic E-state index is 0.0671. The minimum atomic E-state index is -3.82. The minimum Gasteiger partial charge on any atom is -0.494 e. The number of amides is 1. The number of sulfonamides is 1. The molecule has 0 bridgehead atoms. The molecule has 168 valence electrons. The Balaban J connectivity index is 2.08. The highest BCUT2D eigenvalue weighted by Gasteiger charge is 2.13. The first-order valence-corrected chi connectivity index (χ1v) is 11.1. The number of hydrazone groups is 1. The first-order valence-electron chi connectivity index (χ1n) is 9.64. The van der Waals surface area contributed by atoms with Crippen LogP contribution in [-0.2, 0) is 14.8 Å². The van der Waals surface area contributed by atoms with Gasteiger partial charge in [-0.15, -0.1) is 0 Å². The van der Waals surface area contributed by atoms with Gasteiger partial charge in [-0.1, -0.05) is 0 Å². The first-order chi connectivity index (χ1) is 14.8. The van der Waals surface area contributed by atoms with Crippen LogP contribution in [0.25, 0.3) is 0 Å². The Hall–Kier alpha value is -3.27. The monoisotopic (exact) mass is 449 g/mol. The van der Waals surface area contributed by atoms with Crippen LogP contribution in [-0.4, -0.2) is 59.4 Å². The van der Waals surface area contributed by atoms with E-state index in [2.05, 4.69) is 9.93 Å². The van der Waals surface area contributed by atoms with Gasteiger partial charge in [0.25, 0.3) is 15.9 Å². The summed E-state index contributed by atoms with van der Waals surface area (Å²) < 4.78 is 41.1. The van der Waals surface area contributed by atoms with Crippen molar-refractivity contribution in [2.75, 3.05) is 33.9 Å². The van der Waals surface area contributed by atoms with Gasteiger partial charge in [-0.25, -0.2) is 4.83 Å². The van der Waals surface area contributed by atoms with Crippen LogP contribution in [0, 0.1) is 0 Å². The number of rotatable bonds is 11. The fraction of sp³-hybridized carbons (Fsp3) is 0.333. The molecule has 2 aromatic carbocycles. The van der Waals surface area contributed by atoms with Crippen LogP contribution in [0.5, 0.6) is 17.2 Å². The molecule has 31 heavy (non-hydrogen) atoms. The molecular formula is C21H27N3O6S. The van der Waals surface area contributed by atoms with Crippen molar-refractivity contribution in [3.63, 3.8) is 0 Å². The average molecular weight is 450 g/mol. The van der Waals surface area contributed by atoms with E-state index in [1.54, 1.807) is 44.4 Å². The maximum Gasteiger partial charge on any atom is 0.276 e. The van der Waals surface area contributed by atoms with Crippen molar-refractivity contribution >= 4 is 22.1 Å². The zero-order valence-corrected chi connectivity index (χ0v) is 18.8. The molecule has 0 atom stereocenters. The molecule has 0 aliphatic rings. The molecule has 0 unspecified atom stereocenters. The molecule has 1 amide bonds. The largest absolute Gasteiger partial charge is 0.494 e. The molecule has 0 aliphatic heterocycles. The molecule has 0 fully saturated rings. The second kappa shape index (κ2) is 11.2. The standard InChI is InChI=1S/C21H27N3O6S/c1-5-28-17-8-10-18(11-9-17)31(26,27)23-22-14-16-7-12-19(20(13-16)29-6-2)30-15-21(25)24(3)4/h7-14,23H,5-6,15H2,1-4H3. The van der Waals surface area contributed by atoms with Crippen molar-refractivity contribution < 1.29 is 27.4 Å². The Morgan fingerprint density at radius 1 is 1.00 bits per heavy atom. The van der Waals surface area contributed by atoms with E-state index in [0.29, 0.717) is 36.0 Å². The van der Waals surface area contributed by atoms with Crippen molar-refractivity contribution in [3.8, 4) is 17.2 Å². The second-order valence-electron chi connectivity index (χ2n) is 6.47. The molecule has 0 saturated carbocycles. The van der Waals surface area contributed by atoms with Crippen LogP contribution < -0.4 is 19.0 Å². The van der Waals surface area contributed by atoms with Gasteiger partial charge in [0.15, 0.2) is 18.1 Å². The molecule has 2 rings (SSSR count). The lowest BCUT2D eigenvalue weighted by Gasteiger charge is -2.14. The molecular weight excluding hydrogens is 422 g/mol. The van der Waals surface area contributed by atoms with E-state index in [9.17, 15) is 13.2 Å². The van der Waals surface area contributed by atoms with E-state index in [1.807, 2.05) is 13.8 Å². The smallest absolute Gasteiger partial charge is 0.276 e. The summed E-state index contributed by atoms with van der Waals surface area (Å²) >= 11 is 0. The van der Waals surface area contributed by atoms with Crippen molar-refractivity contribution in [2.45, 2.75) is 18.7 Å². The van der Waals surface area contributed by atoms with E-state index >= 15 is 0 Å². The van der Waals surface area contributed by atoms with Crippen LogP contribution >= 0.6 is 0 Å². The van der Waals surface area contributed by atoms with Crippen LogP contribution in [0.15, 0.2) is 52.5 Å². The summed E-state index contributed by atoms with van der Waals surface area (Å²) in [6, 6.07) is 11.0. The van der Waals surface area contributed by atoms with E-state index in [4.69, 9.17) is 14.2 Å². The molecule has 0 saturated heterocycles. The molecule has 0 spiro atoms. The van der Waals surface area contributed by atoms with Crippen LogP contribution in [0.3, 0.4) is 0 Å². The number of benzene rings is 2. The average Bonchev–Trinajstić information content (AvgIpc) is 2.73. The third-order valence-electron chi connectivity index (χ3n) is 3.95. The van der Waals surface area contributed by atoms with Crippen molar-refractivity contribution in [2.24, 2.45) is 5.10 Å². The summed E-state index contributed by atoms with van der Waals surface area (Å²) in [5.74, 6) is 1.23. The van der Waals surface area contributed by atoms with Gasteiger partial charge in [-0.3, -0.25) is 4.79 Å². The van der Waals surface area contributed by atoms with Gasteiger partial charge in [0.1, 0.15) is 5.75 Å². The Morgan fingerprint density at radius 2 is 1.68 bits per heavy atom. The zero-order valence-electron chi connectivity index (χ0n) is 18.0. The number of hydrogen-bond acceptors (Lipinski definition) is 7. The van der Waals surface area contributed by atoms with E-state index in [-0.39, 0.29) is 17.4 Å².